The molecule has 0 saturated heterocycles. The lowest BCUT2D eigenvalue weighted by Crippen LogP contribution is -2.36. The van der Waals surface area contributed by atoms with Crippen LogP contribution in [0.2, 0.25) is 0 Å². The van der Waals surface area contributed by atoms with E-state index < -0.39 is 10.0 Å². The molecule has 6 heteroatoms. The monoisotopic (exact) mass is 338 g/mol. The van der Waals surface area contributed by atoms with E-state index in [1.54, 1.807) is 12.1 Å². The van der Waals surface area contributed by atoms with Gasteiger partial charge in [-0.15, -0.1) is 0 Å². The van der Waals surface area contributed by atoms with Crippen LogP contribution in [0.3, 0.4) is 0 Å². The van der Waals surface area contributed by atoms with Crippen LogP contribution in [0.25, 0.3) is 0 Å². The van der Waals surface area contributed by atoms with Crippen molar-refractivity contribution >= 4 is 15.9 Å². The van der Waals surface area contributed by atoms with Crippen molar-refractivity contribution in [3.05, 3.63) is 29.8 Å². The molecule has 2 rings (SSSR count). The van der Waals surface area contributed by atoms with Crippen molar-refractivity contribution in [2.45, 2.75) is 63.4 Å². The van der Waals surface area contributed by atoms with Gasteiger partial charge in [-0.05, 0) is 43.9 Å². The zero-order valence-electron chi connectivity index (χ0n) is 14.0. The van der Waals surface area contributed by atoms with Gasteiger partial charge in [0.05, 0.1) is 4.90 Å². The first-order chi connectivity index (χ1) is 10.8. The number of sulfonamides is 1. The van der Waals surface area contributed by atoms with E-state index in [1.807, 2.05) is 20.8 Å². The highest BCUT2D eigenvalue weighted by atomic mass is 32.2. The number of amides is 1. The van der Waals surface area contributed by atoms with Gasteiger partial charge in [0.1, 0.15) is 0 Å². The van der Waals surface area contributed by atoms with Crippen LogP contribution < -0.4 is 10.0 Å². The number of rotatable bonds is 6. The molecule has 1 fully saturated rings. The molecule has 1 amide bonds. The van der Waals surface area contributed by atoms with Gasteiger partial charge < -0.3 is 5.32 Å². The average molecular weight is 338 g/mol. The van der Waals surface area contributed by atoms with Crippen LogP contribution in [0.15, 0.2) is 29.2 Å². The van der Waals surface area contributed by atoms with Crippen LogP contribution in [0.1, 0.15) is 56.8 Å². The summed E-state index contributed by atoms with van der Waals surface area (Å²) in [6.07, 6.45) is 3.88. The molecule has 0 spiro atoms. The van der Waals surface area contributed by atoms with Gasteiger partial charge in [-0.25, -0.2) is 13.1 Å². The van der Waals surface area contributed by atoms with Gasteiger partial charge in [0.25, 0.3) is 5.91 Å². The number of carbonyl (C=O) groups is 1. The van der Waals surface area contributed by atoms with Crippen LogP contribution in [0.5, 0.6) is 0 Å². The minimum atomic E-state index is -3.57. The Balaban J connectivity index is 2.13. The molecular formula is C17H26N2O3S. The third-order valence-corrected chi connectivity index (χ3v) is 5.96. The number of nitrogens with one attached hydrogen (secondary N) is 2. The van der Waals surface area contributed by atoms with Crippen LogP contribution in [0, 0.1) is 5.92 Å². The summed E-state index contributed by atoms with van der Waals surface area (Å²) >= 11 is 0. The molecule has 1 aliphatic rings. The summed E-state index contributed by atoms with van der Waals surface area (Å²) in [5.41, 5.74) is 0.367. The van der Waals surface area contributed by atoms with E-state index in [1.165, 1.54) is 12.1 Å². The lowest BCUT2D eigenvalue weighted by molar-refractivity contribution is 0.0930. The first-order valence-corrected chi connectivity index (χ1v) is 9.71. The summed E-state index contributed by atoms with van der Waals surface area (Å²) in [5, 5.41) is 2.89. The molecule has 128 valence electrons. The van der Waals surface area contributed by atoms with Gasteiger partial charge in [0.2, 0.25) is 10.0 Å². The predicted octanol–water partition coefficient (Wildman–Crippen LogP) is 2.68. The number of hydrogen-bond donors (Lipinski definition) is 2. The Morgan fingerprint density at radius 3 is 2.43 bits per heavy atom. The molecule has 1 saturated carbocycles. The highest BCUT2D eigenvalue weighted by molar-refractivity contribution is 7.89. The van der Waals surface area contributed by atoms with Crippen molar-refractivity contribution in [2.24, 2.45) is 5.92 Å². The lowest BCUT2D eigenvalue weighted by Gasteiger charge is -2.18. The van der Waals surface area contributed by atoms with E-state index in [4.69, 9.17) is 0 Å². The van der Waals surface area contributed by atoms with E-state index in [0.717, 1.165) is 25.7 Å². The van der Waals surface area contributed by atoms with Crippen LogP contribution >= 0.6 is 0 Å². The number of carbonyl (C=O) groups excluding carboxylic acids is 1. The maximum atomic E-state index is 12.5. The number of benzene rings is 1. The largest absolute Gasteiger partial charge is 0.349 e. The summed E-state index contributed by atoms with van der Waals surface area (Å²) in [4.78, 5) is 12.4. The average Bonchev–Trinajstić information content (AvgIpc) is 2.99. The Morgan fingerprint density at radius 2 is 1.83 bits per heavy atom. The first-order valence-electron chi connectivity index (χ1n) is 8.23. The molecule has 1 aromatic rings. The third kappa shape index (κ3) is 4.78. The molecule has 0 aromatic heterocycles. The van der Waals surface area contributed by atoms with E-state index in [-0.39, 0.29) is 22.9 Å². The normalized spacial score (nSPS) is 17.4. The summed E-state index contributed by atoms with van der Waals surface area (Å²) in [6, 6.07) is 6.26. The molecule has 23 heavy (non-hydrogen) atoms. The highest BCUT2D eigenvalue weighted by Crippen LogP contribution is 2.21. The fraction of sp³-hybridized carbons (Fsp3) is 0.588. The zero-order chi connectivity index (χ0) is 17.0. The fourth-order valence-electron chi connectivity index (χ4n) is 2.59. The predicted molar refractivity (Wildman–Crippen MR) is 90.8 cm³/mol. The van der Waals surface area contributed by atoms with Crippen molar-refractivity contribution in [1.29, 1.82) is 0 Å². The van der Waals surface area contributed by atoms with Crippen molar-refractivity contribution in [1.82, 2.24) is 10.0 Å². The molecule has 1 aliphatic carbocycles. The molecule has 1 aromatic carbocycles. The van der Waals surface area contributed by atoms with Crippen LogP contribution in [-0.2, 0) is 10.0 Å². The lowest BCUT2D eigenvalue weighted by atomic mass is 10.1. The smallest absolute Gasteiger partial charge is 0.251 e. The molecule has 1 unspecified atom stereocenters. The van der Waals surface area contributed by atoms with E-state index >= 15 is 0 Å². The minimum absolute atomic E-state index is 0.0124. The Morgan fingerprint density at radius 1 is 1.17 bits per heavy atom. The van der Waals surface area contributed by atoms with Crippen molar-refractivity contribution in [3.63, 3.8) is 0 Å². The summed E-state index contributed by atoms with van der Waals surface area (Å²) in [5.74, 6) is 0.0685. The summed E-state index contributed by atoms with van der Waals surface area (Å²) < 4.78 is 27.6. The van der Waals surface area contributed by atoms with Gasteiger partial charge in [0.15, 0.2) is 0 Å². The minimum Gasteiger partial charge on any atom is -0.349 e. The molecule has 2 N–H and O–H groups in total. The maximum Gasteiger partial charge on any atom is 0.251 e. The molecule has 0 bridgehead atoms. The van der Waals surface area contributed by atoms with Gasteiger partial charge in [-0.2, -0.15) is 0 Å². The maximum absolute atomic E-state index is 12.5. The third-order valence-electron chi connectivity index (χ3n) is 4.44. The topological polar surface area (TPSA) is 75.3 Å². The van der Waals surface area contributed by atoms with Crippen molar-refractivity contribution < 1.29 is 13.2 Å². The van der Waals surface area contributed by atoms with Gasteiger partial charge in [0, 0.05) is 17.6 Å². The van der Waals surface area contributed by atoms with Crippen LogP contribution in [0.4, 0.5) is 0 Å². The molecule has 5 nitrogen and oxygen atoms in total. The highest BCUT2D eigenvalue weighted by Gasteiger charge is 2.23. The molecule has 0 heterocycles. The number of hydrogen-bond acceptors (Lipinski definition) is 3. The molecule has 0 aliphatic heterocycles. The van der Waals surface area contributed by atoms with Gasteiger partial charge >= 0.3 is 0 Å². The standard InChI is InChI=1S/C17H26N2O3S/c1-12(2)13(3)18-17(20)14-7-6-10-16(11-14)23(21,22)19-15-8-4-5-9-15/h6-7,10-13,15,19H,4-5,8-9H2,1-3H3,(H,18,20). The first kappa shape index (κ1) is 17.9. The Labute approximate surface area is 138 Å². The zero-order valence-corrected chi connectivity index (χ0v) is 14.8. The summed E-state index contributed by atoms with van der Waals surface area (Å²) in [7, 11) is -3.57. The quantitative estimate of drug-likeness (QED) is 0.837. The van der Waals surface area contributed by atoms with Crippen molar-refractivity contribution in [3.8, 4) is 0 Å². The molecule has 1 atom stereocenters. The van der Waals surface area contributed by atoms with Crippen LogP contribution in [-0.4, -0.2) is 26.4 Å². The Kier molecular flexibility index (Phi) is 5.81. The van der Waals surface area contributed by atoms with Gasteiger partial charge in [-0.1, -0.05) is 32.8 Å². The SMILES string of the molecule is CC(C)C(C)NC(=O)c1cccc(S(=O)(=O)NC2CCCC2)c1. The second-order valence-electron chi connectivity index (χ2n) is 6.64. The fourth-order valence-corrected chi connectivity index (χ4v) is 3.94. The summed E-state index contributed by atoms with van der Waals surface area (Å²) in [6.45, 7) is 5.99. The Hall–Kier alpha value is -1.40. The second-order valence-corrected chi connectivity index (χ2v) is 8.35. The van der Waals surface area contributed by atoms with Gasteiger partial charge in [-0.3, -0.25) is 4.79 Å². The second kappa shape index (κ2) is 7.45. The molecular weight excluding hydrogens is 312 g/mol. The Bertz CT molecular complexity index is 650. The van der Waals surface area contributed by atoms with Crippen molar-refractivity contribution in [2.75, 3.05) is 0 Å². The van der Waals surface area contributed by atoms with E-state index in [0.29, 0.717) is 11.5 Å². The molecule has 0 radical (unpaired) electrons. The van der Waals surface area contributed by atoms with E-state index in [9.17, 15) is 13.2 Å². The van der Waals surface area contributed by atoms with E-state index in [2.05, 4.69) is 10.0 Å².